The van der Waals surface area contributed by atoms with Crippen LogP contribution in [0.4, 0.5) is 5.00 Å². The van der Waals surface area contributed by atoms with Crippen LogP contribution in [0.1, 0.15) is 58.9 Å². The molecule has 1 amide bonds. The Morgan fingerprint density at radius 2 is 1.57 bits per heavy atom. The van der Waals surface area contributed by atoms with Crippen LogP contribution in [0.2, 0.25) is 0 Å². The van der Waals surface area contributed by atoms with Gasteiger partial charge in [0.1, 0.15) is 9.88 Å². The minimum absolute atomic E-state index is 0.162. The molecule has 160 valence electrons. The van der Waals surface area contributed by atoms with Gasteiger partial charge in [-0.25, -0.2) is 9.59 Å². The Morgan fingerprint density at radius 3 is 2.13 bits per heavy atom. The average molecular weight is 494 g/mol. The Bertz CT molecular complexity index is 961. The van der Waals surface area contributed by atoms with Gasteiger partial charge in [0.05, 0.1) is 17.8 Å². The number of carbonyl (C=O) groups is 3. The van der Waals surface area contributed by atoms with Gasteiger partial charge in [0.25, 0.3) is 0 Å². The standard InChI is InChI=1S/C22H24BrNO5S/c1-12(2)28-21(26)18-14(5)19(22(27)29-13(3)4)30-20(18)24-17(25)11-8-15-6-9-16(23)10-7-15/h6-13H,1-5H3,(H,24,25)/b11-8+. The Kier molecular flexibility index (Phi) is 8.37. The van der Waals surface area contributed by atoms with Gasteiger partial charge in [0.15, 0.2) is 0 Å². The fourth-order valence-corrected chi connectivity index (χ4v) is 3.83. The van der Waals surface area contributed by atoms with Crippen molar-refractivity contribution in [1.82, 2.24) is 0 Å². The van der Waals surface area contributed by atoms with Gasteiger partial charge in [-0.15, -0.1) is 11.3 Å². The first kappa shape index (κ1) is 23.8. The van der Waals surface area contributed by atoms with Crippen LogP contribution < -0.4 is 5.32 Å². The molecule has 0 aliphatic rings. The van der Waals surface area contributed by atoms with Crippen molar-refractivity contribution in [2.24, 2.45) is 0 Å². The lowest BCUT2D eigenvalue weighted by atomic mass is 10.1. The van der Waals surface area contributed by atoms with Crippen LogP contribution >= 0.6 is 27.3 Å². The maximum atomic E-state index is 12.6. The van der Waals surface area contributed by atoms with Gasteiger partial charge in [-0.3, -0.25) is 4.79 Å². The van der Waals surface area contributed by atoms with Crippen molar-refractivity contribution >= 4 is 56.2 Å². The largest absolute Gasteiger partial charge is 0.459 e. The van der Waals surface area contributed by atoms with Crippen molar-refractivity contribution in [3.63, 3.8) is 0 Å². The lowest BCUT2D eigenvalue weighted by molar-refractivity contribution is -0.111. The zero-order valence-corrected chi connectivity index (χ0v) is 19.8. The van der Waals surface area contributed by atoms with Crippen LogP contribution in [-0.4, -0.2) is 30.1 Å². The highest BCUT2D eigenvalue weighted by molar-refractivity contribution is 9.10. The Morgan fingerprint density at radius 1 is 1.00 bits per heavy atom. The summed E-state index contributed by atoms with van der Waals surface area (Å²) in [5.41, 5.74) is 1.43. The molecular weight excluding hydrogens is 470 g/mol. The molecule has 0 atom stereocenters. The van der Waals surface area contributed by atoms with E-state index in [0.29, 0.717) is 5.56 Å². The summed E-state index contributed by atoms with van der Waals surface area (Å²) in [5.74, 6) is -1.58. The van der Waals surface area contributed by atoms with E-state index in [2.05, 4.69) is 21.2 Å². The van der Waals surface area contributed by atoms with Gasteiger partial charge in [-0.2, -0.15) is 0 Å². The third-order valence-electron chi connectivity index (χ3n) is 3.76. The lowest BCUT2D eigenvalue weighted by Crippen LogP contribution is -2.16. The summed E-state index contributed by atoms with van der Waals surface area (Å²) in [4.78, 5) is 37.7. The maximum Gasteiger partial charge on any atom is 0.348 e. The lowest BCUT2D eigenvalue weighted by Gasteiger charge is -2.10. The predicted molar refractivity (Wildman–Crippen MR) is 122 cm³/mol. The van der Waals surface area contributed by atoms with Crippen molar-refractivity contribution < 1.29 is 23.9 Å². The topological polar surface area (TPSA) is 81.7 Å². The van der Waals surface area contributed by atoms with Crippen molar-refractivity contribution in [3.05, 3.63) is 56.4 Å². The Balaban J connectivity index is 2.31. The third-order valence-corrected chi connectivity index (χ3v) is 5.47. The first-order chi connectivity index (χ1) is 14.1. The summed E-state index contributed by atoms with van der Waals surface area (Å²) in [6, 6.07) is 7.45. The summed E-state index contributed by atoms with van der Waals surface area (Å²) < 4.78 is 11.5. The van der Waals surface area contributed by atoms with E-state index in [-0.39, 0.29) is 27.6 Å². The van der Waals surface area contributed by atoms with Crippen LogP contribution in [0.5, 0.6) is 0 Å². The molecule has 1 N–H and O–H groups in total. The molecule has 2 rings (SSSR count). The first-order valence-corrected chi connectivity index (χ1v) is 11.0. The van der Waals surface area contributed by atoms with Crippen LogP contribution in [0, 0.1) is 6.92 Å². The molecule has 0 radical (unpaired) electrons. The first-order valence-electron chi connectivity index (χ1n) is 9.38. The summed E-state index contributed by atoms with van der Waals surface area (Å²) in [5, 5.41) is 2.94. The molecule has 6 nitrogen and oxygen atoms in total. The van der Waals surface area contributed by atoms with E-state index in [1.165, 1.54) is 6.08 Å². The molecule has 0 spiro atoms. The molecular formula is C22H24BrNO5S. The van der Waals surface area contributed by atoms with E-state index in [9.17, 15) is 14.4 Å². The van der Waals surface area contributed by atoms with Gasteiger partial charge in [-0.1, -0.05) is 28.1 Å². The quantitative estimate of drug-likeness (QED) is 0.400. The molecule has 1 heterocycles. The number of hydrogen-bond donors (Lipinski definition) is 1. The molecule has 0 aliphatic heterocycles. The molecule has 8 heteroatoms. The molecule has 0 saturated carbocycles. The highest BCUT2D eigenvalue weighted by Crippen LogP contribution is 2.34. The summed E-state index contributed by atoms with van der Waals surface area (Å²) in [6.07, 6.45) is 2.37. The highest BCUT2D eigenvalue weighted by atomic mass is 79.9. The molecule has 30 heavy (non-hydrogen) atoms. The number of amides is 1. The van der Waals surface area contributed by atoms with E-state index in [4.69, 9.17) is 9.47 Å². The van der Waals surface area contributed by atoms with Gasteiger partial charge in [0.2, 0.25) is 5.91 Å². The van der Waals surface area contributed by atoms with Crippen molar-refractivity contribution in [2.45, 2.75) is 46.8 Å². The van der Waals surface area contributed by atoms with Crippen LogP contribution in [0.3, 0.4) is 0 Å². The number of carbonyl (C=O) groups excluding carboxylic acids is 3. The number of rotatable bonds is 7. The summed E-state index contributed by atoms with van der Waals surface area (Å²) in [7, 11) is 0. The maximum absolute atomic E-state index is 12.6. The fourth-order valence-electron chi connectivity index (χ4n) is 2.48. The number of anilines is 1. The van der Waals surface area contributed by atoms with Gasteiger partial charge in [-0.05, 0) is 64.0 Å². The molecule has 0 bridgehead atoms. The predicted octanol–water partition coefficient (Wildman–Crippen LogP) is 5.60. The van der Waals surface area contributed by atoms with Gasteiger partial charge >= 0.3 is 11.9 Å². The number of nitrogens with one attached hydrogen (secondary N) is 1. The molecule has 0 aliphatic carbocycles. The van der Waals surface area contributed by atoms with E-state index >= 15 is 0 Å². The van der Waals surface area contributed by atoms with E-state index in [1.54, 1.807) is 40.7 Å². The Labute approximate surface area is 188 Å². The Hall–Kier alpha value is -2.45. The number of hydrogen-bond acceptors (Lipinski definition) is 6. The second-order valence-corrected chi connectivity index (χ2v) is 8.98. The molecule has 1 aromatic heterocycles. The average Bonchev–Trinajstić information content (AvgIpc) is 2.96. The van der Waals surface area contributed by atoms with Crippen molar-refractivity contribution in [1.29, 1.82) is 0 Å². The minimum atomic E-state index is -0.602. The normalized spacial score (nSPS) is 11.2. The second-order valence-electron chi connectivity index (χ2n) is 7.04. The highest BCUT2D eigenvalue weighted by Gasteiger charge is 2.28. The van der Waals surface area contributed by atoms with Crippen molar-refractivity contribution in [3.8, 4) is 0 Å². The minimum Gasteiger partial charge on any atom is -0.459 e. The van der Waals surface area contributed by atoms with Gasteiger partial charge < -0.3 is 14.8 Å². The number of ether oxygens (including phenoxy) is 2. The van der Waals surface area contributed by atoms with Crippen LogP contribution in [0.15, 0.2) is 34.8 Å². The fraction of sp³-hybridized carbons (Fsp3) is 0.318. The van der Waals surface area contributed by atoms with Crippen molar-refractivity contribution in [2.75, 3.05) is 5.32 Å². The molecule has 2 aromatic rings. The number of halogens is 1. The summed E-state index contributed by atoms with van der Waals surface area (Å²) in [6.45, 7) is 8.58. The zero-order chi connectivity index (χ0) is 22.4. The third kappa shape index (κ3) is 6.53. The molecule has 0 saturated heterocycles. The van der Waals surface area contributed by atoms with Gasteiger partial charge in [0, 0.05) is 10.5 Å². The zero-order valence-electron chi connectivity index (χ0n) is 17.4. The van der Waals surface area contributed by atoms with E-state index in [1.807, 2.05) is 24.3 Å². The number of esters is 2. The SMILES string of the molecule is Cc1c(C(=O)OC(C)C)sc(NC(=O)/C=C/c2ccc(Br)cc2)c1C(=O)OC(C)C. The number of benzene rings is 1. The smallest absolute Gasteiger partial charge is 0.348 e. The van der Waals surface area contributed by atoms with E-state index in [0.717, 1.165) is 21.4 Å². The molecule has 1 aromatic carbocycles. The van der Waals surface area contributed by atoms with E-state index < -0.39 is 17.8 Å². The summed E-state index contributed by atoms with van der Waals surface area (Å²) >= 11 is 4.36. The second kappa shape index (κ2) is 10.5. The molecule has 0 unspecified atom stereocenters. The number of thiophene rings is 1. The monoisotopic (exact) mass is 493 g/mol. The van der Waals surface area contributed by atoms with Crippen LogP contribution in [0.25, 0.3) is 6.08 Å². The van der Waals surface area contributed by atoms with Crippen LogP contribution in [-0.2, 0) is 14.3 Å². The molecule has 0 fully saturated rings.